The molecule has 0 heterocycles. The fourth-order valence-corrected chi connectivity index (χ4v) is 3.84. The summed E-state index contributed by atoms with van der Waals surface area (Å²) < 4.78 is 20.1. The minimum Gasteiger partial charge on any atom is -0.485 e. The predicted molar refractivity (Wildman–Crippen MR) is 120 cm³/mol. The fourth-order valence-electron chi connectivity index (χ4n) is 3.62. The lowest BCUT2D eigenvalue weighted by Crippen LogP contribution is -2.35. The lowest BCUT2D eigenvalue weighted by Gasteiger charge is -2.19. The normalized spacial score (nSPS) is 23.5. The van der Waals surface area contributed by atoms with Gasteiger partial charge in [-0.2, -0.15) is 0 Å². The van der Waals surface area contributed by atoms with Crippen LogP contribution in [0.5, 0.6) is 5.75 Å². The Morgan fingerprint density at radius 2 is 1.94 bits per heavy atom. The molecular weight excluding hydrogens is 421 g/mol. The summed E-state index contributed by atoms with van der Waals surface area (Å²) in [6.07, 6.45) is -0.869. The number of nitrogens with zero attached hydrogens (tertiary/aromatic N) is 1. The van der Waals surface area contributed by atoms with E-state index < -0.39 is 30.0 Å². The minimum absolute atomic E-state index is 0.0367. The molecule has 0 spiro atoms. The zero-order chi connectivity index (χ0) is 22.5. The number of hydrogen-bond donors (Lipinski definition) is 2. The summed E-state index contributed by atoms with van der Waals surface area (Å²) in [6, 6.07) is 11.9. The maximum Gasteiger partial charge on any atom is 0.165 e. The van der Waals surface area contributed by atoms with E-state index in [0.717, 1.165) is 16.7 Å². The van der Waals surface area contributed by atoms with Crippen LogP contribution >= 0.6 is 11.6 Å². The number of halogens is 2. The van der Waals surface area contributed by atoms with Gasteiger partial charge in [0.05, 0.1) is 11.8 Å². The van der Waals surface area contributed by atoms with E-state index in [4.69, 9.17) is 21.2 Å². The summed E-state index contributed by atoms with van der Waals surface area (Å²) >= 11 is 5.95. The Labute approximate surface area is 186 Å². The average molecular weight is 448 g/mol. The van der Waals surface area contributed by atoms with Gasteiger partial charge in [-0.3, -0.25) is 0 Å². The van der Waals surface area contributed by atoms with E-state index in [1.807, 2.05) is 32.1 Å². The van der Waals surface area contributed by atoms with E-state index in [0.29, 0.717) is 10.7 Å². The van der Waals surface area contributed by atoms with E-state index in [1.165, 1.54) is 12.1 Å². The second-order valence-corrected chi connectivity index (χ2v) is 8.46. The molecule has 0 radical (unpaired) electrons. The van der Waals surface area contributed by atoms with Crippen molar-refractivity contribution in [3.8, 4) is 5.75 Å². The zero-order valence-electron chi connectivity index (χ0n) is 17.8. The van der Waals surface area contributed by atoms with Crippen LogP contribution in [0, 0.1) is 11.7 Å². The number of allylic oxidation sites excluding steroid dienone is 1. The van der Waals surface area contributed by atoms with Crippen molar-refractivity contribution in [2.24, 2.45) is 11.1 Å². The SMILES string of the molecule is CC(C)=Cc1ccc(O[C@@H]2C[C@H](/C(C)=N/OCc3cccc(Cl)c3)[C@@H](O)[C@H]2O)c(F)c1. The first kappa shape index (κ1) is 23.3. The maximum absolute atomic E-state index is 14.4. The number of aliphatic hydroxyl groups is 2. The van der Waals surface area contributed by atoms with Gasteiger partial charge < -0.3 is 19.8 Å². The molecule has 1 aliphatic carbocycles. The molecule has 1 fully saturated rings. The van der Waals surface area contributed by atoms with Crippen molar-refractivity contribution in [3.05, 3.63) is 70.0 Å². The summed E-state index contributed by atoms with van der Waals surface area (Å²) in [5.41, 5.74) is 3.18. The molecule has 0 aliphatic heterocycles. The van der Waals surface area contributed by atoms with Crippen LogP contribution in [0.4, 0.5) is 4.39 Å². The van der Waals surface area contributed by atoms with Gasteiger partial charge in [-0.05, 0) is 62.6 Å². The first-order valence-electron chi connectivity index (χ1n) is 10.1. The summed E-state index contributed by atoms with van der Waals surface area (Å²) in [4.78, 5) is 5.38. The Kier molecular flexibility index (Phi) is 7.70. The van der Waals surface area contributed by atoms with E-state index in [-0.39, 0.29) is 18.8 Å². The monoisotopic (exact) mass is 447 g/mol. The van der Waals surface area contributed by atoms with Crippen LogP contribution in [0.15, 0.2) is 53.2 Å². The van der Waals surface area contributed by atoms with Gasteiger partial charge in [0.15, 0.2) is 11.6 Å². The lowest BCUT2D eigenvalue weighted by molar-refractivity contribution is -0.0142. The molecule has 5 nitrogen and oxygen atoms in total. The van der Waals surface area contributed by atoms with Crippen molar-refractivity contribution in [2.45, 2.75) is 52.1 Å². The summed E-state index contributed by atoms with van der Waals surface area (Å²) in [5.74, 6) is -0.947. The molecule has 0 bridgehead atoms. The topological polar surface area (TPSA) is 71.3 Å². The highest BCUT2D eigenvalue weighted by molar-refractivity contribution is 6.30. The highest BCUT2D eigenvalue weighted by atomic mass is 35.5. The number of benzene rings is 2. The lowest BCUT2D eigenvalue weighted by atomic mass is 10.0. The summed E-state index contributed by atoms with van der Waals surface area (Å²) in [7, 11) is 0. The molecule has 0 saturated heterocycles. The molecule has 7 heteroatoms. The number of aliphatic hydroxyl groups excluding tert-OH is 2. The van der Waals surface area contributed by atoms with E-state index in [1.54, 1.807) is 25.1 Å². The number of rotatable bonds is 7. The van der Waals surface area contributed by atoms with E-state index in [2.05, 4.69) is 5.16 Å². The van der Waals surface area contributed by atoms with Crippen LogP contribution in [0.2, 0.25) is 5.02 Å². The van der Waals surface area contributed by atoms with E-state index >= 15 is 0 Å². The van der Waals surface area contributed by atoms with E-state index in [9.17, 15) is 14.6 Å². The Balaban J connectivity index is 1.63. The summed E-state index contributed by atoms with van der Waals surface area (Å²) in [6.45, 7) is 5.81. The standard InChI is InChI=1S/C24H27ClFNO4/c1-14(2)9-16-7-8-21(20(26)11-16)31-22-12-19(23(28)24(22)29)15(3)27-30-13-17-5-4-6-18(25)10-17/h4-11,19,22-24,28-29H,12-13H2,1-3H3/b27-15+/t19-,22-,23-,24+/m1/s1. The van der Waals surface area contributed by atoms with Gasteiger partial charge in [0, 0.05) is 10.9 Å². The van der Waals surface area contributed by atoms with Gasteiger partial charge in [0.1, 0.15) is 18.8 Å². The van der Waals surface area contributed by atoms with Crippen LogP contribution in [-0.4, -0.2) is 34.2 Å². The van der Waals surface area contributed by atoms with Gasteiger partial charge >= 0.3 is 0 Å². The van der Waals surface area contributed by atoms with Crippen molar-refractivity contribution < 1.29 is 24.2 Å². The highest BCUT2D eigenvalue weighted by Gasteiger charge is 2.44. The molecule has 2 aromatic rings. The third kappa shape index (κ3) is 6.06. The molecular formula is C24H27ClFNO4. The fraction of sp³-hybridized carbons (Fsp3) is 0.375. The average Bonchev–Trinajstić information content (AvgIpc) is 2.98. The molecule has 3 rings (SSSR count). The van der Waals surface area contributed by atoms with Gasteiger partial charge in [-0.15, -0.1) is 0 Å². The van der Waals surface area contributed by atoms with Gasteiger partial charge in [0.25, 0.3) is 0 Å². The molecule has 0 unspecified atom stereocenters. The molecule has 166 valence electrons. The Morgan fingerprint density at radius 3 is 2.61 bits per heavy atom. The van der Waals surface area contributed by atoms with Crippen LogP contribution < -0.4 is 4.74 Å². The first-order chi connectivity index (χ1) is 14.7. The molecule has 0 amide bonds. The van der Waals surface area contributed by atoms with Crippen LogP contribution in [0.1, 0.15) is 38.3 Å². The Morgan fingerprint density at radius 1 is 1.16 bits per heavy atom. The quantitative estimate of drug-likeness (QED) is 0.463. The smallest absolute Gasteiger partial charge is 0.165 e. The molecule has 1 saturated carbocycles. The molecule has 2 aromatic carbocycles. The van der Waals surface area contributed by atoms with Crippen LogP contribution in [0.25, 0.3) is 6.08 Å². The Hall–Kier alpha value is -2.41. The molecule has 31 heavy (non-hydrogen) atoms. The number of hydrogen-bond acceptors (Lipinski definition) is 5. The maximum atomic E-state index is 14.4. The molecule has 1 aliphatic rings. The van der Waals surface area contributed by atoms with Crippen molar-refractivity contribution in [3.63, 3.8) is 0 Å². The van der Waals surface area contributed by atoms with Crippen LogP contribution in [-0.2, 0) is 11.4 Å². The summed E-state index contributed by atoms with van der Waals surface area (Å²) in [5, 5.41) is 25.6. The largest absolute Gasteiger partial charge is 0.485 e. The molecule has 4 atom stereocenters. The third-order valence-electron chi connectivity index (χ3n) is 5.18. The van der Waals surface area contributed by atoms with Gasteiger partial charge in [-0.1, -0.05) is 46.6 Å². The molecule has 2 N–H and O–H groups in total. The van der Waals surface area contributed by atoms with Gasteiger partial charge in [-0.25, -0.2) is 4.39 Å². The second-order valence-electron chi connectivity index (χ2n) is 8.03. The highest BCUT2D eigenvalue weighted by Crippen LogP contribution is 2.32. The van der Waals surface area contributed by atoms with Crippen molar-refractivity contribution in [2.75, 3.05) is 0 Å². The minimum atomic E-state index is -1.17. The van der Waals surface area contributed by atoms with Gasteiger partial charge in [0.2, 0.25) is 0 Å². The van der Waals surface area contributed by atoms with Crippen molar-refractivity contribution >= 4 is 23.4 Å². The number of ether oxygens (including phenoxy) is 1. The zero-order valence-corrected chi connectivity index (χ0v) is 18.5. The van der Waals surface area contributed by atoms with Crippen molar-refractivity contribution in [1.82, 2.24) is 0 Å². The Bertz CT molecular complexity index is 974. The first-order valence-corrected chi connectivity index (χ1v) is 10.5. The van der Waals surface area contributed by atoms with Crippen LogP contribution in [0.3, 0.4) is 0 Å². The molecule has 0 aromatic heterocycles. The third-order valence-corrected chi connectivity index (χ3v) is 5.42. The van der Waals surface area contributed by atoms with Crippen molar-refractivity contribution in [1.29, 1.82) is 0 Å². The number of oxime groups is 1. The second kappa shape index (κ2) is 10.3. The predicted octanol–water partition coefficient (Wildman–Crippen LogP) is 4.98.